The molecular weight excluding hydrogens is 280 g/mol. The lowest BCUT2D eigenvalue weighted by Crippen LogP contribution is -2.35. The predicted octanol–water partition coefficient (Wildman–Crippen LogP) is 0.650. The summed E-state index contributed by atoms with van der Waals surface area (Å²) in [5.41, 5.74) is -1.05. The molecule has 0 radical (unpaired) electrons. The number of carbonyl (C=O) groups is 2. The van der Waals surface area contributed by atoms with Crippen molar-refractivity contribution in [2.24, 2.45) is 0 Å². The highest BCUT2D eigenvalue weighted by molar-refractivity contribution is 5.93. The monoisotopic (exact) mass is 296 g/mol. The molecule has 2 N–H and O–H groups in total. The molecule has 1 aromatic heterocycles. The molecule has 0 aromatic carbocycles. The molecule has 0 atom stereocenters. The first kappa shape index (κ1) is 16.3. The van der Waals surface area contributed by atoms with E-state index in [0.717, 1.165) is 18.7 Å². The summed E-state index contributed by atoms with van der Waals surface area (Å²) >= 11 is 0. The van der Waals surface area contributed by atoms with Gasteiger partial charge in [-0.2, -0.15) is 0 Å². The van der Waals surface area contributed by atoms with Crippen LogP contribution < -0.4 is 10.2 Å². The maximum atomic E-state index is 11.6. The summed E-state index contributed by atoms with van der Waals surface area (Å²) in [5.74, 6) is -1.49. The topological polar surface area (TPSA) is 126 Å². The average molecular weight is 296 g/mol. The predicted molar refractivity (Wildman–Crippen MR) is 74.4 cm³/mol. The zero-order chi connectivity index (χ0) is 16.0. The molecule has 21 heavy (non-hydrogen) atoms. The number of hydrogen-bond donors (Lipinski definition) is 2. The number of rotatable bonds is 7. The summed E-state index contributed by atoms with van der Waals surface area (Å²) in [7, 11) is 1.55. The van der Waals surface area contributed by atoms with Gasteiger partial charge < -0.3 is 15.3 Å². The van der Waals surface area contributed by atoms with E-state index < -0.39 is 22.1 Å². The Balaban J connectivity index is 2.93. The van der Waals surface area contributed by atoms with Crippen LogP contribution in [0.1, 0.15) is 23.7 Å². The summed E-state index contributed by atoms with van der Waals surface area (Å²) < 4.78 is 0. The molecule has 1 aromatic rings. The third kappa shape index (κ3) is 4.41. The standard InChI is InChI=1S/C12H16N4O5/c1-3-4-13-11(17)7-15(2)10-5-8(12(18)19)9(6-14-10)16(20)21/h5-6H,3-4,7H2,1-2H3,(H,13,17)(H,18,19). The number of aromatic carboxylic acids is 1. The minimum Gasteiger partial charge on any atom is -0.477 e. The van der Waals surface area contributed by atoms with Crippen LogP contribution in [0.3, 0.4) is 0 Å². The third-order valence-corrected chi connectivity index (χ3v) is 2.64. The van der Waals surface area contributed by atoms with E-state index in [0.29, 0.717) is 6.54 Å². The van der Waals surface area contributed by atoms with Gasteiger partial charge in [-0.1, -0.05) is 6.92 Å². The fourth-order valence-corrected chi connectivity index (χ4v) is 1.58. The van der Waals surface area contributed by atoms with Gasteiger partial charge in [0.15, 0.2) is 0 Å². The molecule has 1 rings (SSSR count). The van der Waals surface area contributed by atoms with Crippen LogP contribution in [0.5, 0.6) is 0 Å². The smallest absolute Gasteiger partial charge is 0.342 e. The second kappa shape index (κ2) is 7.17. The third-order valence-electron chi connectivity index (χ3n) is 2.64. The summed E-state index contributed by atoms with van der Waals surface area (Å²) in [6.07, 6.45) is 1.67. The highest BCUT2D eigenvalue weighted by atomic mass is 16.6. The van der Waals surface area contributed by atoms with Crippen molar-refractivity contribution < 1.29 is 19.6 Å². The van der Waals surface area contributed by atoms with Crippen molar-refractivity contribution in [2.45, 2.75) is 13.3 Å². The van der Waals surface area contributed by atoms with Crippen LogP contribution in [0, 0.1) is 10.1 Å². The zero-order valence-corrected chi connectivity index (χ0v) is 11.7. The summed E-state index contributed by atoms with van der Waals surface area (Å²) in [6.45, 7) is 2.44. The highest BCUT2D eigenvalue weighted by Gasteiger charge is 2.22. The number of pyridine rings is 1. The fourth-order valence-electron chi connectivity index (χ4n) is 1.58. The molecule has 114 valence electrons. The van der Waals surface area contributed by atoms with E-state index in [1.54, 1.807) is 7.05 Å². The van der Waals surface area contributed by atoms with Crippen LogP contribution in [0.15, 0.2) is 12.3 Å². The number of carbonyl (C=O) groups excluding carboxylic acids is 1. The number of hydrogen-bond acceptors (Lipinski definition) is 6. The van der Waals surface area contributed by atoms with Crippen LogP contribution in [0.2, 0.25) is 0 Å². The number of nitro groups is 1. The second-order valence-electron chi connectivity index (χ2n) is 4.33. The summed E-state index contributed by atoms with van der Waals surface area (Å²) in [6, 6.07) is 1.08. The molecule has 0 aliphatic rings. The quantitative estimate of drug-likeness (QED) is 0.558. The average Bonchev–Trinajstić information content (AvgIpc) is 2.44. The number of carboxylic acid groups (broad SMARTS) is 1. The van der Waals surface area contributed by atoms with Crippen molar-refractivity contribution in [3.8, 4) is 0 Å². The largest absolute Gasteiger partial charge is 0.477 e. The Bertz CT molecular complexity index is 561. The van der Waals surface area contributed by atoms with Gasteiger partial charge >= 0.3 is 11.7 Å². The Labute approximate surface area is 120 Å². The molecule has 0 saturated heterocycles. The normalized spacial score (nSPS) is 10.0. The maximum Gasteiger partial charge on any atom is 0.342 e. The van der Waals surface area contributed by atoms with Gasteiger partial charge in [0.25, 0.3) is 0 Å². The SMILES string of the molecule is CCCNC(=O)CN(C)c1cc(C(=O)O)c([N+](=O)[O-])cn1. The fraction of sp³-hybridized carbons (Fsp3) is 0.417. The molecule has 0 aliphatic heterocycles. The van der Waals surface area contributed by atoms with Gasteiger partial charge in [-0.25, -0.2) is 9.78 Å². The zero-order valence-electron chi connectivity index (χ0n) is 11.7. The minimum atomic E-state index is -1.42. The Hall–Kier alpha value is -2.71. The molecule has 9 heteroatoms. The Morgan fingerprint density at radius 3 is 2.71 bits per heavy atom. The van der Waals surface area contributed by atoms with Crippen molar-refractivity contribution in [3.63, 3.8) is 0 Å². The van der Waals surface area contributed by atoms with Crippen molar-refractivity contribution in [3.05, 3.63) is 27.9 Å². The van der Waals surface area contributed by atoms with Gasteiger partial charge in [0.2, 0.25) is 5.91 Å². The Kier molecular flexibility index (Phi) is 5.58. The summed E-state index contributed by atoms with van der Waals surface area (Å²) in [5, 5.41) is 22.4. The maximum absolute atomic E-state index is 11.6. The van der Waals surface area contributed by atoms with Crippen LogP contribution in [0.4, 0.5) is 11.5 Å². The first-order valence-electron chi connectivity index (χ1n) is 6.22. The van der Waals surface area contributed by atoms with Crippen molar-refractivity contribution in [1.82, 2.24) is 10.3 Å². The van der Waals surface area contributed by atoms with Gasteiger partial charge in [-0.3, -0.25) is 14.9 Å². The molecule has 1 amide bonds. The molecule has 0 unspecified atom stereocenters. The number of nitrogens with one attached hydrogen (secondary N) is 1. The van der Waals surface area contributed by atoms with E-state index in [2.05, 4.69) is 10.3 Å². The highest BCUT2D eigenvalue weighted by Crippen LogP contribution is 2.21. The Morgan fingerprint density at radius 1 is 1.52 bits per heavy atom. The molecule has 0 bridgehead atoms. The van der Waals surface area contributed by atoms with E-state index in [1.165, 1.54) is 4.90 Å². The minimum absolute atomic E-state index is 0.0239. The number of nitrogens with zero attached hydrogens (tertiary/aromatic N) is 3. The van der Waals surface area contributed by atoms with E-state index in [9.17, 15) is 19.7 Å². The van der Waals surface area contributed by atoms with Gasteiger partial charge in [0.1, 0.15) is 17.6 Å². The molecule has 0 spiro atoms. The first-order chi connectivity index (χ1) is 9.86. The van der Waals surface area contributed by atoms with Crippen molar-refractivity contribution >= 4 is 23.4 Å². The molecular formula is C12H16N4O5. The number of anilines is 1. The van der Waals surface area contributed by atoms with Crippen LogP contribution in [-0.2, 0) is 4.79 Å². The lowest BCUT2D eigenvalue weighted by molar-refractivity contribution is -0.385. The van der Waals surface area contributed by atoms with Crippen LogP contribution >= 0.6 is 0 Å². The number of aromatic nitrogens is 1. The lowest BCUT2D eigenvalue weighted by atomic mass is 10.2. The van der Waals surface area contributed by atoms with Crippen LogP contribution in [0.25, 0.3) is 0 Å². The van der Waals surface area contributed by atoms with Gasteiger partial charge in [-0.05, 0) is 6.42 Å². The first-order valence-corrected chi connectivity index (χ1v) is 6.22. The second-order valence-corrected chi connectivity index (χ2v) is 4.33. The molecule has 0 fully saturated rings. The lowest BCUT2D eigenvalue weighted by Gasteiger charge is -2.17. The molecule has 9 nitrogen and oxygen atoms in total. The summed E-state index contributed by atoms with van der Waals surface area (Å²) in [4.78, 5) is 37.8. The van der Waals surface area contributed by atoms with E-state index in [4.69, 9.17) is 5.11 Å². The molecule has 0 saturated carbocycles. The number of likely N-dealkylation sites (N-methyl/N-ethyl adjacent to an activating group) is 1. The van der Waals surface area contributed by atoms with Crippen molar-refractivity contribution in [2.75, 3.05) is 25.0 Å². The van der Waals surface area contributed by atoms with Gasteiger partial charge in [0.05, 0.1) is 11.5 Å². The van der Waals surface area contributed by atoms with Crippen molar-refractivity contribution in [1.29, 1.82) is 0 Å². The van der Waals surface area contributed by atoms with E-state index in [-0.39, 0.29) is 18.3 Å². The van der Waals surface area contributed by atoms with Crippen LogP contribution in [-0.4, -0.2) is 47.0 Å². The molecule has 0 aliphatic carbocycles. The Morgan fingerprint density at radius 2 is 2.19 bits per heavy atom. The number of carboxylic acids is 1. The number of amides is 1. The molecule has 1 heterocycles. The van der Waals surface area contributed by atoms with E-state index >= 15 is 0 Å². The van der Waals surface area contributed by atoms with Gasteiger partial charge in [0, 0.05) is 19.7 Å². The van der Waals surface area contributed by atoms with E-state index in [1.807, 2.05) is 6.92 Å². The van der Waals surface area contributed by atoms with Gasteiger partial charge in [-0.15, -0.1) is 0 Å².